The molecule has 1 heterocycles. The van der Waals surface area contributed by atoms with Crippen LogP contribution < -0.4 is 24.5 Å². The number of nitrogens with zero attached hydrogens (tertiary/aromatic N) is 2. The second kappa shape index (κ2) is 15.4. The second-order valence-corrected chi connectivity index (χ2v) is 11.8. The van der Waals surface area contributed by atoms with Gasteiger partial charge in [0.25, 0.3) is 21.8 Å². The van der Waals surface area contributed by atoms with Crippen molar-refractivity contribution in [2.45, 2.75) is 30.8 Å². The molecule has 4 rings (SSSR count). The van der Waals surface area contributed by atoms with Crippen molar-refractivity contribution >= 4 is 45.3 Å². The number of carbonyl (C=O) groups excluding carboxylic acids is 2. The number of anilines is 1. The monoisotopic (exact) mass is 628 g/mol. The van der Waals surface area contributed by atoms with Crippen molar-refractivity contribution in [3.63, 3.8) is 0 Å². The summed E-state index contributed by atoms with van der Waals surface area (Å²) in [6.45, 7) is 2.83. The Balaban J connectivity index is 1.34. The maximum atomic E-state index is 13.5. The van der Waals surface area contributed by atoms with Gasteiger partial charge in [0.2, 0.25) is 0 Å². The van der Waals surface area contributed by atoms with Crippen LogP contribution in [0.3, 0.4) is 0 Å². The molecule has 3 aromatic carbocycles. The van der Waals surface area contributed by atoms with Crippen LogP contribution in [-0.4, -0.2) is 65.5 Å². The summed E-state index contributed by atoms with van der Waals surface area (Å²) in [7, 11) is -4.12. The summed E-state index contributed by atoms with van der Waals surface area (Å²) < 4.78 is 44.4. The van der Waals surface area contributed by atoms with E-state index in [-0.39, 0.29) is 29.2 Å². The molecule has 0 aliphatic carbocycles. The Bertz CT molecular complexity index is 1490. The average molecular weight is 629 g/mol. The zero-order valence-corrected chi connectivity index (χ0v) is 25.1. The van der Waals surface area contributed by atoms with E-state index in [9.17, 15) is 18.0 Å². The third kappa shape index (κ3) is 9.43. The molecule has 1 atom stereocenters. The summed E-state index contributed by atoms with van der Waals surface area (Å²) in [6, 6.07) is 18.8. The third-order valence-electron chi connectivity index (χ3n) is 6.33. The molecule has 43 heavy (non-hydrogen) atoms. The van der Waals surface area contributed by atoms with Crippen LogP contribution in [0.1, 0.15) is 25.3 Å². The first-order valence-electron chi connectivity index (χ1n) is 13.7. The zero-order chi connectivity index (χ0) is 30.7. The quantitative estimate of drug-likeness (QED) is 0.205. The number of hydrazone groups is 1. The van der Waals surface area contributed by atoms with Gasteiger partial charge < -0.3 is 19.5 Å². The Labute approximate surface area is 255 Å². The molecule has 13 heteroatoms. The lowest BCUT2D eigenvalue weighted by atomic mass is 10.2. The SMILES string of the molecule is CCOc1ccc(N(CC(=O)N/N=C\c2ccc(OCC(=O)NC[C@@H]3CCCO3)cc2)S(=O)(=O)c2ccc(Cl)cc2)cc1. The molecule has 0 radical (unpaired) electrons. The zero-order valence-electron chi connectivity index (χ0n) is 23.6. The Kier molecular flexibility index (Phi) is 11.4. The number of carbonyl (C=O) groups is 2. The highest BCUT2D eigenvalue weighted by atomic mass is 35.5. The van der Waals surface area contributed by atoms with Gasteiger partial charge in [0, 0.05) is 18.2 Å². The van der Waals surface area contributed by atoms with E-state index >= 15 is 0 Å². The molecule has 11 nitrogen and oxygen atoms in total. The first-order chi connectivity index (χ1) is 20.7. The molecule has 0 unspecified atom stereocenters. The van der Waals surface area contributed by atoms with Crippen molar-refractivity contribution in [1.29, 1.82) is 0 Å². The van der Waals surface area contributed by atoms with Crippen LogP contribution >= 0.6 is 11.6 Å². The number of nitrogens with one attached hydrogen (secondary N) is 2. The van der Waals surface area contributed by atoms with E-state index in [4.69, 9.17) is 25.8 Å². The third-order valence-corrected chi connectivity index (χ3v) is 8.37. The van der Waals surface area contributed by atoms with Crippen LogP contribution in [0.2, 0.25) is 5.02 Å². The summed E-state index contributed by atoms with van der Waals surface area (Å²) >= 11 is 5.94. The number of rotatable bonds is 14. The number of benzene rings is 3. The number of halogens is 1. The molecule has 2 amide bonds. The molecule has 0 saturated carbocycles. The molecular weight excluding hydrogens is 596 g/mol. The lowest BCUT2D eigenvalue weighted by Gasteiger charge is -2.24. The van der Waals surface area contributed by atoms with E-state index in [1.54, 1.807) is 48.5 Å². The molecule has 0 aromatic heterocycles. The first kappa shape index (κ1) is 31.8. The second-order valence-electron chi connectivity index (χ2n) is 9.48. The fourth-order valence-corrected chi connectivity index (χ4v) is 5.70. The normalized spacial score (nSPS) is 14.8. The van der Waals surface area contributed by atoms with Crippen molar-refractivity contribution in [2.24, 2.45) is 5.10 Å². The lowest BCUT2D eigenvalue weighted by molar-refractivity contribution is -0.123. The van der Waals surface area contributed by atoms with Crippen molar-refractivity contribution in [3.05, 3.63) is 83.4 Å². The fraction of sp³-hybridized carbons (Fsp3) is 0.300. The van der Waals surface area contributed by atoms with Gasteiger partial charge in [-0.2, -0.15) is 5.10 Å². The van der Waals surface area contributed by atoms with Crippen molar-refractivity contribution in [3.8, 4) is 11.5 Å². The summed E-state index contributed by atoms with van der Waals surface area (Å²) in [5.41, 5.74) is 3.29. The minimum absolute atomic E-state index is 0.0234. The summed E-state index contributed by atoms with van der Waals surface area (Å²) in [6.07, 6.45) is 3.41. The largest absolute Gasteiger partial charge is 0.494 e. The fourth-order valence-electron chi connectivity index (χ4n) is 4.15. The van der Waals surface area contributed by atoms with Crippen molar-refractivity contribution < 1.29 is 32.2 Å². The van der Waals surface area contributed by atoms with Gasteiger partial charge in [-0.05, 0) is 98.1 Å². The van der Waals surface area contributed by atoms with Crippen molar-refractivity contribution in [2.75, 3.05) is 37.2 Å². The van der Waals surface area contributed by atoms with Crippen molar-refractivity contribution in [1.82, 2.24) is 10.7 Å². The molecule has 1 aliphatic heterocycles. The van der Waals surface area contributed by atoms with E-state index in [1.807, 2.05) is 6.92 Å². The molecule has 1 aliphatic rings. The van der Waals surface area contributed by atoms with Crippen LogP contribution in [-0.2, 0) is 24.3 Å². The molecule has 0 spiro atoms. The van der Waals surface area contributed by atoms with E-state index in [1.165, 1.54) is 30.5 Å². The highest BCUT2D eigenvalue weighted by Gasteiger charge is 2.27. The predicted octanol–water partition coefficient (Wildman–Crippen LogP) is 3.76. The van der Waals surface area contributed by atoms with E-state index in [2.05, 4.69) is 15.8 Å². The van der Waals surface area contributed by atoms with E-state index in [0.717, 1.165) is 23.8 Å². The molecule has 1 saturated heterocycles. The summed E-state index contributed by atoms with van der Waals surface area (Å²) in [5.74, 6) is 0.169. The number of hydrogen-bond acceptors (Lipinski definition) is 8. The highest BCUT2D eigenvalue weighted by molar-refractivity contribution is 7.92. The Morgan fingerprint density at radius 2 is 1.67 bits per heavy atom. The smallest absolute Gasteiger partial charge is 0.264 e. The molecule has 228 valence electrons. The van der Waals surface area contributed by atoms with E-state index in [0.29, 0.717) is 35.2 Å². The maximum absolute atomic E-state index is 13.5. The maximum Gasteiger partial charge on any atom is 0.264 e. The highest BCUT2D eigenvalue weighted by Crippen LogP contribution is 2.26. The van der Waals surface area contributed by atoms with E-state index < -0.39 is 22.5 Å². The minimum atomic E-state index is -4.12. The van der Waals surface area contributed by atoms with Crippen LogP contribution in [0.5, 0.6) is 11.5 Å². The Hall–Kier alpha value is -4.13. The predicted molar refractivity (Wildman–Crippen MR) is 163 cm³/mol. The molecule has 1 fully saturated rings. The van der Waals surface area contributed by atoms with Gasteiger partial charge in [0.15, 0.2) is 6.61 Å². The average Bonchev–Trinajstić information content (AvgIpc) is 3.53. The van der Waals surface area contributed by atoms with Gasteiger partial charge in [-0.3, -0.25) is 13.9 Å². The van der Waals surface area contributed by atoms with Gasteiger partial charge in [-0.15, -0.1) is 0 Å². The topological polar surface area (TPSA) is 136 Å². The molecule has 0 bridgehead atoms. The van der Waals surface area contributed by atoms with Gasteiger partial charge in [0.1, 0.15) is 18.0 Å². The van der Waals surface area contributed by atoms with Crippen LogP contribution in [0.4, 0.5) is 5.69 Å². The first-order valence-corrected chi connectivity index (χ1v) is 15.5. The minimum Gasteiger partial charge on any atom is -0.494 e. The number of ether oxygens (including phenoxy) is 3. The summed E-state index contributed by atoms with van der Waals surface area (Å²) in [4.78, 5) is 24.8. The van der Waals surface area contributed by atoms with Gasteiger partial charge in [-0.1, -0.05) is 11.6 Å². The van der Waals surface area contributed by atoms with Gasteiger partial charge >= 0.3 is 0 Å². The standard InChI is InChI=1S/C30H33ClN4O7S/c1-2-40-25-13-9-24(10-14-25)35(43(38,39)28-15-7-23(31)8-16-28)20-29(36)34-33-18-22-5-11-26(12-6-22)42-21-30(37)32-19-27-4-3-17-41-27/h5-16,18,27H,2-4,17,19-21H2,1H3,(H,32,37)(H,34,36)/b33-18-/t27-/m0/s1. The number of amides is 2. The number of hydrogen-bond donors (Lipinski definition) is 2. The lowest BCUT2D eigenvalue weighted by Crippen LogP contribution is -2.39. The van der Waals surface area contributed by atoms with Crippen LogP contribution in [0.15, 0.2) is 82.8 Å². The van der Waals surface area contributed by atoms with Crippen LogP contribution in [0.25, 0.3) is 0 Å². The number of sulfonamides is 1. The Morgan fingerprint density at radius 1 is 1.00 bits per heavy atom. The van der Waals surface area contributed by atoms with Crippen LogP contribution in [0, 0.1) is 0 Å². The molecule has 2 N–H and O–H groups in total. The molecular formula is C30H33ClN4O7S. The van der Waals surface area contributed by atoms with Gasteiger partial charge in [-0.25, -0.2) is 13.8 Å². The summed E-state index contributed by atoms with van der Waals surface area (Å²) in [5, 5.41) is 7.14. The molecule has 3 aromatic rings. The Morgan fingerprint density at radius 3 is 2.33 bits per heavy atom. The van der Waals surface area contributed by atoms with Gasteiger partial charge in [0.05, 0.1) is 29.5 Å².